The summed E-state index contributed by atoms with van der Waals surface area (Å²) >= 11 is 2.02. The number of ether oxygens (including phenoxy) is 1. The van der Waals surface area contributed by atoms with Crippen molar-refractivity contribution in [2.45, 2.75) is 106 Å². The monoisotopic (exact) mass is 560 g/mol. The molecular formula is C35H48N2O2S. The number of thioether (sulfide) groups is 1. The van der Waals surface area contributed by atoms with Gasteiger partial charge in [0.05, 0.1) is 16.1 Å². The van der Waals surface area contributed by atoms with Crippen molar-refractivity contribution in [2.24, 2.45) is 0 Å². The molecule has 0 N–H and O–H groups in total. The SMILES string of the molecule is CC.CC.CCCCc1cc2c3c(c(=O)n(C(C)C)c2cc1=C(C)C)=Cc1cc2c(cc1O3)N(C1CS1)CCC2. The summed E-state index contributed by atoms with van der Waals surface area (Å²) < 4.78 is 8.65. The van der Waals surface area contributed by atoms with E-state index in [2.05, 4.69) is 69.9 Å². The van der Waals surface area contributed by atoms with E-state index in [1.807, 2.05) is 44.0 Å². The summed E-state index contributed by atoms with van der Waals surface area (Å²) in [5.41, 5.74) is 7.35. The Morgan fingerprint density at radius 1 is 1.10 bits per heavy atom. The van der Waals surface area contributed by atoms with Crippen LogP contribution in [-0.2, 0) is 12.8 Å². The van der Waals surface area contributed by atoms with Crippen LogP contribution < -0.4 is 25.6 Å². The first-order valence-electron chi connectivity index (χ1n) is 15.5. The van der Waals surface area contributed by atoms with Crippen molar-refractivity contribution in [3.63, 3.8) is 0 Å². The van der Waals surface area contributed by atoms with Gasteiger partial charge in [-0.2, -0.15) is 0 Å². The van der Waals surface area contributed by atoms with Crippen molar-refractivity contribution in [1.29, 1.82) is 0 Å². The Morgan fingerprint density at radius 3 is 2.45 bits per heavy atom. The van der Waals surface area contributed by atoms with E-state index in [0.717, 1.165) is 60.2 Å². The first kappa shape index (κ1) is 30.3. The molecule has 4 nitrogen and oxygen atoms in total. The van der Waals surface area contributed by atoms with Crippen LogP contribution in [0.25, 0.3) is 22.6 Å². The van der Waals surface area contributed by atoms with Crippen LogP contribution in [0.4, 0.5) is 5.69 Å². The van der Waals surface area contributed by atoms with Crippen LogP contribution >= 0.6 is 11.8 Å². The molecule has 40 heavy (non-hydrogen) atoms. The molecule has 0 saturated carbocycles. The highest BCUT2D eigenvalue weighted by atomic mass is 32.2. The number of hydrogen-bond acceptors (Lipinski definition) is 4. The van der Waals surface area contributed by atoms with E-state index in [1.54, 1.807) is 0 Å². The maximum atomic E-state index is 13.9. The number of pyridine rings is 1. The molecule has 216 valence electrons. The third-order valence-electron chi connectivity index (χ3n) is 7.82. The van der Waals surface area contributed by atoms with E-state index in [-0.39, 0.29) is 11.6 Å². The van der Waals surface area contributed by atoms with Crippen molar-refractivity contribution in [2.75, 3.05) is 17.2 Å². The molecule has 0 amide bonds. The zero-order valence-corrected chi connectivity index (χ0v) is 26.9. The molecule has 0 aliphatic carbocycles. The van der Waals surface area contributed by atoms with Gasteiger partial charge in [-0.3, -0.25) is 4.79 Å². The molecule has 2 aromatic carbocycles. The second kappa shape index (κ2) is 12.9. The minimum Gasteiger partial charge on any atom is -0.455 e. The average Bonchev–Trinajstić information content (AvgIpc) is 3.81. The van der Waals surface area contributed by atoms with E-state index >= 15 is 0 Å². The van der Waals surface area contributed by atoms with Gasteiger partial charge in [-0.05, 0) is 94.0 Å². The summed E-state index contributed by atoms with van der Waals surface area (Å²) in [5, 5.41) is 3.59. The van der Waals surface area contributed by atoms with E-state index < -0.39 is 0 Å². The number of hydrogen-bond donors (Lipinski definition) is 0. The lowest BCUT2D eigenvalue weighted by molar-refractivity contribution is 0.472. The highest BCUT2D eigenvalue weighted by Gasteiger charge is 2.34. The molecule has 1 atom stereocenters. The maximum Gasteiger partial charge on any atom is 0.262 e. The van der Waals surface area contributed by atoms with Gasteiger partial charge in [0.15, 0.2) is 0 Å². The average molecular weight is 561 g/mol. The Morgan fingerprint density at radius 2 is 1.82 bits per heavy atom. The molecule has 3 aromatic rings. The van der Waals surface area contributed by atoms with Crippen LogP contribution in [0.15, 0.2) is 29.1 Å². The third kappa shape index (κ3) is 5.59. The van der Waals surface area contributed by atoms with Crippen LogP contribution in [0, 0.1) is 0 Å². The number of aromatic nitrogens is 1. The Hall–Kier alpha value is -2.66. The van der Waals surface area contributed by atoms with Crippen LogP contribution in [0.2, 0.25) is 0 Å². The maximum absolute atomic E-state index is 13.9. The number of fused-ring (bicyclic) bond motifs is 5. The van der Waals surface area contributed by atoms with Gasteiger partial charge in [0.1, 0.15) is 11.5 Å². The number of benzene rings is 2. The van der Waals surface area contributed by atoms with Crippen LogP contribution in [0.3, 0.4) is 0 Å². The van der Waals surface area contributed by atoms with Gasteiger partial charge in [0, 0.05) is 41.0 Å². The minimum atomic E-state index is 0.0351. The number of unbranched alkanes of at least 4 members (excludes halogenated alkanes) is 1. The lowest BCUT2D eigenvalue weighted by Gasteiger charge is -2.32. The molecule has 4 heterocycles. The standard InChI is InChI=1S/C31H36N2O2S.2C2H6/c1-6-7-9-20-13-24-27(15-23(20)18(2)3)33(19(4)5)31(34)25-14-22-12-21-10-8-11-32(29-17-36-29)26(21)16-28(22)35-30(24)25;2*1-2/h12-16,19,29H,6-11,17H2,1-5H3;2*1-2H3. The Bertz CT molecular complexity index is 1560. The summed E-state index contributed by atoms with van der Waals surface area (Å²) in [7, 11) is 0. The van der Waals surface area contributed by atoms with Gasteiger partial charge in [-0.25, -0.2) is 0 Å². The summed E-state index contributed by atoms with van der Waals surface area (Å²) in [5.74, 6) is 2.81. The van der Waals surface area contributed by atoms with E-state index in [1.165, 1.54) is 39.8 Å². The summed E-state index contributed by atoms with van der Waals surface area (Å²) in [6.07, 6.45) is 7.68. The Balaban J connectivity index is 0.000000886. The molecule has 1 saturated heterocycles. The zero-order valence-electron chi connectivity index (χ0n) is 26.1. The Labute approximate surface area is 245 Å². The van der Waals surface area contributed by atoms with Gasteiger partial charge >= 0.3 is 0 Å². The highest BCUT2D eigenvalue weighted by Crippen LogP contribution is 2.44. The largest absolute Gasteiger partial charge is 0.455 e. The Kier molecular flexibility index (Phi) is 9.76. The van der Waals surface area contributed by atoms with Gasteiger partial charge < -0.3 is 14.2 Å². The molecule has 6 rings (SSSR count). The van der Waals surface area contributed by atoms with Crippen molar-refractivity contribution < 1.29 is 4.74 Å². The number of nitrogens with zero attached hydrogens (tertiary/aromatic N) is 2. The lowest BCUT2D eigenvalue weighted by Crippen LogP contribution is -2.38. The molecule has 0 radical (unpaired) electrons. The highest BCUT2D eigenvalue weighted by molar-refractivity contribution is 8.07. The van der Waals surface area contributed by atoms with Crippen molar-refractivity contribution in [3.8, 4) is 11.5 Å². The smallest absolute Gasteiger partial charge is 0.262 e. The molecule has 1 unspecified atom stereocenters. The normalized spacial score (nSPS) is 16.4. The summed E-state index contributed by atoms with van der Waals surface area (Å²) in [6.45, 7) is 19.9. The van der Waals surface area contributed by atoms with Crippen molar-refractivity contribution >= 4 is 40.0 Å². The summed E-state index contributed by atoms with van der Waals surface area (Å²) in [6, 6.07) is 9.09. The number of anilines is 1. The van der Waals surface area contributed by atoms with Gasteiger partial charge in [-0.15, -0.1) is 11.8 Å². The molecule has 3 aliphatic rings. The number of aryl methyl sites for hydroxylation is 2. The van der Waals surface area contributed by atoms with E-state index in [4.69, 9.17) is 4.74 Å². The molecule has 1 aromatic heterocycles. The van der Waals surface area contributed by atoms with E-state index in [0.29, 0.717) is 10.6 Å². The summed E-state index contributed by atoms with van der Waals surface area (Å²) in [4.78, 5) is 16.4. The molecule has 1 fully saturated rings. The van der Waals surface area contributed by atoms with Crippen LogP contribution in [-0.4, -0.2) is 22.2 Å². The van der Waals surface area contributed by atoms with Crippen LogP contribution in [0.5, 0.6) is 11.5 Å². The minimum absolute atomic E-state index is 0.0351. The second-order valence-electron chi connectivity index (χ2n) is 11.0. The molecule has 5 heteroatoms. The predicted molar refractivity (Wildman–Crippen MR) is 176 cm³/mol. The van der Waals surface area contributed by atoms with Gasteiger partial charge in [0.25, 0.3) is 5.56 Å². The van der Waals surface area contributed by atoms with Crippen molar-refractivity contribution in [1.82, 2.24) is 4.57 Å². The topological polar surface area (TPSA) is 34.5 Å². The van der Waals surface area contributed by atoms with Gasteiger partial charge in [-0.1, -0.05) is 46.6 Å². The number of rotatable bonds is 5. The van der Waals surface area contributed by atoms with E-state index in [9.17, 15) is 4.79 Å². The fraction of sp³-hybridized carbons (Fsp3) is 0.514. The molecule has 0 bridgehead atoms. The fourth-order valence-corrected chi connectivity index (χ4v) is 6.60. The van der Waals surface area contributed by atoms with Crippen LogP contribution in [0.1, 0.15) is 104 Å². The zero-order chi connectivity index (χ0) is 29.1. The molecular weight excluding hydrogens is 512 g/mol. The molecule has 3 aliphatic heterocycles. The third-order valence-corrected chi connectivity index (χ3v) is 8.70. The second-order valence-corrected chi connectivity index (χ2v) is 12.2. The first-order chi connectivity index (χ1) is 19.4. The predicted octanol–water partition coefficient (Wildman–Crippen LogP) is 7.93. The fourth-order valence-electron chi connectivity index (χ4n) is 5.93. The lowest BCUT2D eigenvalue weighted by atomic mass is 9.96. The van der Waals surface area contributed by atoms with Crippen molar-refractivity contribution in [3.05, 3.63) is 61.7 Å². The first-order valence-corrected chi connectivity index (χ1v) is 16.6. The molecule has 0 spiro atoms. The quantitative estimate of drug-likeness (QED) is 0.232. The van der Waals surface area contributed by atoms with Gasteiger partial charge in [0.2, 0.25) is 0 Å².